The van der Waals surface area contributed by atoms with Gasteiger partial charge >= 0.3 is 0 Å². The maximum absolute atomic E-state index is 10.8. The average molecular weight is 233 g/mol. The first-order valence-corrected chi connectivity index (χ1v) is 5.42. The van der Waals surface area contributed by atoms with Crippen LogP contribution in [0.3, 0.4) is 0 Å². The molecule has 1 rings (SSSR count). The highest BCUT2D eigenvalue weighted by Crippen LogP contribution is 2.16. The van der Waals surface area contributed by atoms with Gasteiger partial charge in [0.25, 0.3) is 0 Å². The van der Waals surface area contributed by atoms with E-state index in [1.807, 2.05) is 6.92 Å². The van der Waals surface area contributed by atoms with Crippen LogP contribution in [0.4, 0.5) is 0 Å². The zero-order chi connectivity index (χ0) is 12.1. The lowest BCUT2D eigenvalue weighted by molar-refractivity contribution is -0.250. The molecule has 0 radical (unpaired) electrons. The SMILES string of the molecule is CCCO[C@H]1OC[C@H](NC(C)=O)[C@H](O)[C@H]1O. The van der Waals surface area contributed by atoms with Crippen molar-refractivity contribution in [3.05, 3.63) is 0 Å². The molecular formula is C10H19NO5. The molecule has 0 spiro atoms. The van der Waals surface area contributed by atoms with E-state index >= 15 is 0 Å². The van der Waals surface area contributed by atoms with E-state index in [0.717, 1.165) is 6.42 Å². The highest BCUT2D eigenvalue weighted by Gasteiger charge is 2.39. The van der Waals surface area contributed by atoms with Crippen LogP contribution < -0.4 is 5.32 Å². The summed E-state index contributed by atoms with van der Waals surface area (Å²) in [4.78, 5) is 10.8. The van der Waals surface area contributed by atoms with E-state index in [1.54, 1.807) is 0 Å². The Kier molecular flexibility index (Phi) is 5.14. The molecule has 1 amide bonds. The number of amides is 1. The fraction of sp³-hybridized carbons (Fsp3) is 0.900. The standard InChI is InChI=1S/C10H19NO5/c1-3-4-15-10-9(14)8(13)7(5-16-10)11-6(2)12/h7-10,13-14H,3-5H2,1-2H3,(H,11,12)/t7-,8-,9+,10-/m0/s1. The third-order valence-corrected chi connectivity index (χ3v) is 2.36. The number of rotatable bonds is 4. The van der Waals surface area contributed by atoms with Crippen molar-refractivity contribution < 1.29 is 24.5 Å². The smallest absolute Gasteiger partial charge is 0.217 e. The Morgan fingerprint density at radius 1 is 1.50 bits per heavy atom. The second-order valence-corrected chi connectivity index (χ2v) is 3.86. The van der Waals surface area contributed by atoms with Crippen molar-refractivity contribution in [2.45, 2.75) is 44.8 Å². The van der Waals surface area contributed by atoms with Crippen LogP contribution in [0.1, 0.15) is 20.3 Å². The summed E-state index contributed by atoms with van der Waals surface area (Å²) < 4.78 is 10.5. The highest BCUT2D eigenvalue weighted by atomic mass is 16.7. The number of aliphatic hydroxyl groups excluding tert-OH is 2. The minimum absolute atomic E-state index is 0.131. The van der Waals surface area contributed by atoms with Gasteiger partial charge in [0, 0.05) is 13.5 Å². The van der Waals surface area contributed by atoms with Crippen molar-refractivity contribution in [3.8, 4) is 0 Å². The Labute approximate surface area is 94.5 Å². The molecule has 1 aliphatic heterocycles. The zero-order valence-electron chi connectivity index (χ0n) is 9.55. The van der Waals surface area contributed by atoms with Crippen molar-refractivity contribution in [2.24, 2.45) is 0 Å². The third-order valence-electron chi connectivity index (χ3n) is 2.36. The molecule has 0 unspecified atom stereocenters. The van der Waals surface area contributed by atoms with Gasteiger partial charge in [-0.1, -0.05) is 6.92 Å². The molecule has 6 nitrogen and oxygen atoms in total. The van der Waals surface area contributed by atoms with Crippen molar-refractivity contribution in [3.63, 3.8) is 0 Å². The zero-order valence-corrected chi connectivity index (χ0v) is 9.55. The van der Waals surface area contributed by atoms with Crippen LogP contribution in [0.5, 0.6) is 0 Å². The molecule has 1 heterocycles. The normalized spacial score (nSPS) is 34.8. The monoisotopic (exact) mass is 233 g/mol. The Morgan fingerprint density at radius 3 is 2.75 bits per heavy atom. The fourth-order valence-electron chi connectivity index (χ4n) is 1.56. The van der Waals surface area contributed by atoms with Gasteiger partial charge in [0.2, 0.25) is 5.91 Å². The van der Waals surface area contributed by atoms with Crippen LogP contribution >= 0.6 is 0 Å². The summed E-state index contributed by atoms with van der Waals surface area (Å²) in [5.41, 5.74) is 0. The summed E-state index contributed by atoms with van der Waals surface area (Å²) in [5.74, 6) is -0.271. The minimum Gasteiger partial charge on any atom is -0.388 e. The molecule has 0 aromatic heterocycles. The minimum atomic E-state index is -1.14. The summed E-state index contributed by atoms with van der Waals surface area (Å²) in [6, 6.07) is -0.589. The van der Waals surface area contributed by atoms with Crippen LogP contribution in [-0.2, 0) is 14.3 Å². The average Bonchev–Trinajstić information content (AvgIpc) is 2.23. The molecule has 94 valence electrons. The van der Waals surface area contributed by atoms with E-state index in [4.69, 9.17) is 9.47 Å². The van der Waals surface area contributed by atoms with Crippen LogP contribution in [0.2, 0.25) is 0 Å². The molecule has 0 saturated carbocycles. The van der Waals surface area contributed by atoms with E-state index in [1.165, 1.54) is 6.92 Å². The third kappa shape index (κ3) is 3.41. The molecule has 1 saturated heterocycles. The van der Waals surface area contributed by atoms with Crippen molar-refractivity contribution >= 4 is 5.91 Å². The highest BCUT2D eigenvalue weighted by molar-refractivity contribution is 5.73. The summed E-state index contributed by atoms with van der Waals surface area (Å²) in [5, 5.41) is 21.9. The predicted octanol–water partition coefficient (Wildman–Crippen LogP) is -1.00. The topological polar surface area (TPSA) is 88.0 Å². The van der Waals surface area contributed by atoms with Gasteiger partial charge in [-0.15, -0.1) is 0 Å². The van der Waals surface area contributed by atoms with E-state index in [2.05, 4.69) is 5.32 Å². The van der Waals surface area contributed by atoms with E-state index < -0.39 is 24.5 Å². The molecule has 16 heavy (non-hydrogen) atoms. The lowest BCUT2D eigenvalue weighted by Crippen LogP contribution is -2.59. The quantitative estimate of drug-likeness (QED) is 0.579. The number of hydrogen-bond donors (Lipinski definition) is 3. The molecule has 3 N–H and O–H groups in total. The predicted molar refractivity (Wildman–Crippen MR) is 55.6 cm³/mol. The van der Waals surface area contributed by atoms with Crippen molar-refractivity contribution in [1.82, 2.24) is 5.32 Å². The van der Waals surface area contributed by atoms with Crippen LogP contribution in [0, 0.1) is 0 Å². The Morgan fingerprint density at radius 2 is 2.19 bits per heavy atom. The molecule has 1 fully saturated rings. The van der Waals surface area contributed by atoms with Gasteiger partial charge in [0.05, 0.1) is 12.6 Å². The van der Waals surface area contributed by atoms with Crippen LogP contribution in [0.15, 0.2) is 0 Å². The fourth-order valence-corrected chi connectivity index (χ4v) is 1.56. The second-order valence-electron chi connectivity index (χ2n) is 3.86. The molecule has 0 aromatic rings. The molecule has 0 aromatic carbocycles. The lowest BCUT2D eigenvalue weighted by atomic mass is 10.0. The van der Waals surface area contributed by atoms with Crippen LogP contribution in [0.25, 0.3) is 0 Å². The van der Waals surface area contributed by atoms with Gasteiger partial charge in [-0.2, -0.15) is 0 Å². The summed E-state index contributed by atoms with van der Waals surface area (Å²) >= 11 is 0. The van der Waals surface area contributed by atoms with E-state index in [9.17, 15) is 15.0 Å². The lowest BCUT2D eigenvalue weighted by Gasteiger charge is -2.37. The molecular weight excluding hydrogens is 214 g/mol. The number of nitrogens with one attached hydrogen (secondary N) is 1. The molecule has 6 heteroatoms. The maximum atomic E-state index is 10.8. The number of aliphatic hydroxyl groups is 2. The van der Waals surface area contributed by atoms with Crippen molar-refractivity contribution in [2.75, 3.05) is 13.2 Å². The first-order chi connectivity index (χ1) is 7.56. The van der Waals surface area contributed by atoms with Crippen LogP contribution in [-0.4, -0.2) is 53.9 Å². The number of carbonyl (C=O) groups is 1. The van der Waals surface area contributed by atoms with E-state index in [-0.39, 0.29) is 12.5 Å². The number of ether oxygens (including phenoxy) is 2. The van der Waals surface area contributed by atoms with Gasteiger partial charge in [-0.3, -0.25) is 4.79 Å². The van der Waals surface area contributed by atoms with E-state index in [0.29, 0.717) is 6.61 Å². The van der Waals surface area contributed by atoms with Gasteiger partial charge < -0.3 is 25.0 Å². The molecule has 4 atom stereocenters. The number of hydrogen-bond acceptors (Lipinski definition) is 5. The van der Waals surface area contributed by atoms with Gasteiger partial charge in [-0.25, -0.2) is 0 Å². The first kappa shape index (κ1) is 13.4. The summed E-state index contributed by atoms with van der Waals surface area (Å²) in [6.45, 7) is 3.87. The maximum Gasteiger partial charge on any atom is 0.217 e. The van der Waals surface area contributed by atoms with Gasteiger partial charge in [0.1, 0.15) is 12.2 Å². The van der Waals surface area contributed by atoms with Gasteiger partial charge in [0.15, 0.2) is 6.29 Å². The largest absolute Gasteiger partial charge is 0.388 e. The first-order valence-electron chi connectivity index (χ1n) is 5.42. The number of carbonyl (C=O) groups excluding carboxylic acids is 1. The Hall–Kier alpha value is -0.690. The van der Waals surface area contributed by atoms with Gasteiger partial charge in [-0.05, 0) is 6.42 Å². The van der Waals surface area contributed by atoms with Crippen molar-refractivity contribution in [1.29, 1.82) is 0 Å². The summed E-state index contributed by atoms with van der Waals surface area (Å²) in [7, 11) is 0. The Bertz CT molecular complexity index is 235. The Balaban J connectivity index is 2.47. The molecule has 0 bridgehead atoms. The second kappa shape index (κ2) is 6.15. The summed E-state index contributed by atoms with van der Waals surface area (Å²) in [6.07, 6.45) is -2.23. The molecule has 0 aliphatic carbocycles. The molecule has 1 aliphatic rings.